The first-order valence-electron chi connectivity index (χ1n) is 8.91. The van der Waals surface area contributed by atoms with Crippen LogP contribution in [0.15, 0.2) is 36.5 Å². The van der Waals surface area contributed by atoms with Crippen LogP contribution in [0.2, 0.25) is 0 Å². The Morgan fingerprint density at radius 2 is 1.88 bits per heavy atom. The number of anilines is 1. The van der Waals surface area contributed by atoms with E-state index >= 15 is 0 Å². The molecule has 3 rings (SSSR count). The highest BCUT2D eigenvalue weighted by Gasteiger charge is 2.22. The number of carbonyl (C=O) groups excluding carboxylic acids is 1. The normalized spacial score (nSPS) is 15.6. The van der Waals surface area contributed by atoms with E-state index in [1.54, 1.807) is 0 Å². The maximum absolute atomic E-state index is 12.4. The minimum Gasteiger partial charge on any atom is -0.322 e. The second-order valence-electron chi connectivity index (χ2n) is 6.89. The molecule has 2 heterocycles. The van der Waals surface area contributed by atoms with Crippen molar-refractivity contribution in [1.82, 2.24) is 19.6 Å². The van der Waals surface area contributed by atoms with E-state index in [1.807, 2.05) is 21.8 Å². The number of nitrogens with one attached hydrogen (secondary N) is 1. The van der Waals surface area contributed by atoms with Crippen LogP contribution in [0.4, 0.5) is 10.6 Å². The van der Waals surface area contributed by atoms with Gasteiger partial charge in [-0.3, -0.25) is 14.9 Å². The molecule has 0 saturated carbocycles. The number of hydrogen-bond acceptors (Lipinski definition) is 3. The van der Waals surface area contributed by atoms with Crippen molar-refractivity contribution in [2.45, 2.75) is 33.4 Å². The van der Waals surface area contributed by atoms with Crippen LogP contribution >= 0.6 is 0 Å². The Kier molecular flexibility index (Phi) is 5.38. The molecule has 25 heavy (non-hydrogen) atoms. The zero-order valence-corrected chi connectivity index (χ0v) is 15.3. The lowest BCUT2D eigenvalue weighted by atomic mass is 10.1. The molecule has 2 aromatic rings. The van der Waals surface area contributed by atoms with Crippen LogP contribution in [0.1, 0.15) is 31.0 Å². The summed E-state index contributed by atoms with van der Waals surface area (Å²) >= 11 is 0. The molecular weight excluding hydrogens is 314 g/mol. The summed E-state index contributed by atoms with van der Waals surface area (Å²) < 4.78 is 1.84. The Balaban J connectivity index is 1.49. The van der Waals surface area contributed by atoms with Gasteiger partial charge in [-0.05, 0) is 31.9 Å². The number of aromatic nitrogens is 2. The van der Waals surface area contributed by atoms with Gasteiger partial charge in [-0.2, -0.15) is 5.10 Å². The van der Waals surface area contributed by atoms with Crippen molar-refractivity contribution in [1.29, 1.82) is 0 Å². The van der Waals surface area contributed by atoms with E-state index in [9.17, 15) is 4.79 Å². The van der Waals surface area contributed by atoms with Crippen molar-refractivity contribution in [3.8, 4) is 0 Å². The van der Waals surface area contributed by atoms with Crippen LogP contribution in [0.5, 0.6) is 0 Å². The van der Waals surface area contributed by atoms with Gasteiger partial charge in [-0.15, -0.1) is 0 Å². The third-order valence-electron chi connectivity index (χ3n) is 4.69. The van der Waals surface area contributed by atoms with E-state index in [-0.39, 0.29) is 12.1 Å². The summed E-state index contributed by atoms with van der Waals surface area (Å²) in [6.07, 6.45) is 1.89. The van der Waals surface area contributed by atoms with Gasteiger partial charge >= 0.3 is 6.03 Å². The number of urea groups is 1. The molecule has 0 unspecified atom stereocenters. The van der Waals surface area contributed by atoms with Crippen LogP contribution in [0.3, 0.4) is 0 Å². The van der Waals surface area contributed by atoms with Crippen molar-refractivity contribution < 1.29 is 4.79 Å². The summed E-state index contributed by atoms with van der Waals surface area (Å²) in [5, 5.41) is 7.27. The highest BCUT2D eigenvalue weighted by Crippen LogP contribution is 2.14. The van der Waals surface area contributed by atoms with E-state index < -0.39 is 0 Å². The molecule has 1 saturated heterocycles. The number of rotatable bonds is 4. The Labute approximate surface area is 149 Å². The average molecular weight is 341 g/mol. The molecule has 1 aliphatic rings. The van der Waals surface area contributed by atoms with Crippen molar-refractivity contribution in [2.24, 2.45) is 0 Å². The third-order valence-corrected chi connectivity index (χ3v) is 4.69. The second-order valence-corrected chi connectivity index (χ2v) is 6.89. The lowest BCUT2D eigenvalue weighted by molar-refractivity contribution is 0.142. The van der Waals surface area contributed by atoms with Crippen LogP contribution in [-0.2, 0) is 6.54 Å². The Morgan fingerprint density at radius 3 is 2.52 bits per heavy atom. The number of nitrogens with zero attached hydrogens (tertiary/aromatic N) is 4. The molecule has 6 heteroatoms. The number of benzene rings is 1. The summed E-state index contributed by atoms with van der Waals surface area (Å²) in [5.41, 5.74) is 2.68. The molecule has 0 aliphatic carbocycles. The number of hydrogen-bond donors (Lipinski definition) is 1. The minimum absolute atomic E-state index is 0.0652. The van der Waals surface area contributed by atoms with Gasteiger partial charge in [0.2, 0.25) is 0 Å². The molecule has 1 N–H and O–H groups in total. The minimum atomic E-state index is -0.0652. The topological polar surface area (TPSA) is 53.4 Å². The van der Waals surface area contributed by atoms with Crippen LogP contribution < -0.4 is 5.32 Å². The van der Waals surface area contributed by atoms with Crippen molar-refractivity contribution >= 4 is 11.8 Å². The zero-order valence-electron chi connectivity index (χ0n) is 15.3. The van der Waals surface area contributed by atoms with Crippen LogP contribution in [0, 0.1) is 6.92 Å². The summed E-state index contributed by atoms with van der Waals surface area (Å²) in [6.45, 7) is 10.5. The van der Waals surface area contributed by atoms with Crippen molar-refractivity contribution in [2.75, 3.05) is 31.5 Å². The first-order chi connectivity index (χ1) is 12.0. The molecule has 1 aromatic carbocycles. The van der Waals surface area contributed by atoms with Gasteiger partial charge in [0.05, 0.1) is 0 Å². The SMILES string of the molecule is Cc1ccccc1CN1CCN(C(=O)Nc2ccn(C(C)C)n2)CC1. The predicted molar refractivity (Wildman–Crippen MR) is 99.7 cm³/mol. The first-order valence-corrected chi connectivity index (χ1v) is 8.91. The molecule has 0 spiro atoms. The van der Waals surface area contributed by atoms with Gasteiger partial charge in [0.15, 0.2) is 5.82 Å². The Morgan fingerprint density at radius 1 is 1.16 bits per heavy atom. The first kappa shape index (κ1) is 17.5. The standard InChI is InChI=1S/C19H27N5O/c1-15(2)24-9-8-18(21-24)20-19(25)23-12-10-22(11-13-23)14-17-7-5-4-6-16(17)3/h4-9,15H,10-14H2,1-3H3,(H,20,21,25). The number of amides is 2. The molecule has 1 fully saturated rings. The lowest BCUT2D eigenvalue weighted by Crippen LogP contribution is -2.49. The largest absolute Gasteiger partial charge is 0.323 e. The fourth-order valence-electron chi connectivity index (χ4n) is 3.02. The van der Waals surface area contributed by atoms with Crippen molar-refractivity contribution in [3.05, 3.63) is 47.7 Å². The van der Waals surface area contributed by atoms with Gasteiger partial charge in [-0.25, -0.2) is 4.79 Å². The van der Waals surface area contributed by atoms with Gasteiger partial charge in [-0.1, -0.05) is 24.3 Å². The molecular formula is C19H27N5O. The zero-order chi connectivity index (χ0) is 17.8. The average Bonchev–Trinajstić information content (AvgIpc) is 3.06. The molecule has 1 aliphatic heterocycles. The number of carbonyl (C=O) groups is 1. The molecule has 6 nitrogen and oxygen atoms in total. The van der Waals surface area contributed by atoms with Gasteiger partial charge < -0.3 is 4.90 Å². The monoisotopic (exact) mass is 341 g/mol. The predicted octanol–water partition coefficient (Wildman–Crippen LogP) is 3.12. The molecule has 134 valence electrons. The number of aryl methyl sites for hydroxylation is 1. The van der Waals surface area contributed by atoms with Gasteiger partial charge in [0.1, 0.15) is 0 Å². The van der Waals surface area contributed by atoms with Gasteiger partial charge in [0, 0.05) is 51.0 Å². The molecule has 1 aromatic heterocycles. The summed E-state index contributed by atoms with van der Waals surface area (Å²) in [4.78, 5) is 16.7. The van der Waals surface area contributed by atoms with Crippen molar-refractivity contribution in [3.63, 3.8) is 0 Å². The smallest absolute Gasteiger partial charge is 0.322 e. The van der Waals surface area contributed by atoms with E-state index in [2.05, 4.69) is 60.4 Å². The lowest BCUT2D eigenvalue weighted by Gasteiger charge is -2.34. The molecule has 0 radical (unpaired) electrons. The maximum Gasteiger partial charge on any atom is 0.323 e. The Bertz CT molecular complexity index is 716. The second kappa shape index (κ2) is 7.70. The fourth-order valence-corrected chi connectivity index (χ4v) is 3.02. The highest BCUT2D eigenvalue weighted by molar-refractivity contribution is 5.88. The third kappa shape index (κ3) is 4.39. The van der Waals surface area contributed by atoms with E-state index in [0.717, 1.165) is 32.7 Å². The number of piperazine rings is 1. The van der Waals surface area contributed by atoms with Gasteiger partial charge in [0.25, 0.3) is 0 Å². The van der Waals surface area contributed by atoms with E-state index in [4.69, 9.17) is 0 Å². The van der Waals surface area contributed by atoms with Crippen LogP contribution in [-0.4, -0.2) is 51.8 Å². The highest BCUT2D eigenvalue weighted by atomic mass is 16.2. The fraction of sp³-hybridized carbons (Fsp3) is 0.474. The summed E-state index contributed by atoms with van der Waals surface area (Å²) in [5.74, 6) is 0.612. The van der Waals surface area contributed by atoms with Crippen LogP contribution in [0.25, 0.3) is 0 Å². The molecule has 0 bridgehead atoms. The quantitative estimate of drug-likeness (QED) is 0.929. The van der Waals surface area contributed by atoms with E-state index in [1.165, 1.54) is 11.1 Å². The summed E-state index contributed by atoms with van der Waals surface area (Å²) in [7, 11) is 0. The Hall–Kier alpha value is -2.34. The summed E-state index contributed by atoms with van der Waals surface area (Å²) in [6, 6.07) is 10.5. The van der Waals surface area contributed by atoms with E-state index in [0.29, 0.717) is 5.82 Å². The molecule has 0 atom stereocenters. The maximum atomic E-state index is 12.4. The molecule has 2 amide bonds.